The first-order valence-electron chi connectivity index (χ1n) is 7.14. The minimum atomic E-state index is -0.0886. The van der Waals surface area contributed by atoms with Crippen LogP contribution >= 0.6 is 15.9 Å². The van der Waals surface area contributed by atoms with Gasteiger partial charge in [0.1, 0.15) is 0 Å². The molecule has 0 radical (unpaired) electrons. The average molecular weight is 342 g/mol. The number of benzene rings is 1. The van der Waals surface area contributed by atoms with Crippen LogP contribution in [0.1, 0.15) is 19.4 Å². The molecule has 5 heteroatoms. The van der Waals surface area contributed by atoms with Crippen LogP contribution in [0.2, 0.25) is 0 Å². The zero-order valence-electron chi connectivity index (χ0n) is 12.3. The van der Waals surface area contributed by atoms with Crippen molar-refractivity contribution in [3.05, 3.63) is 34.3 Å². The molecule has 1 rings (SSSR count). The van der Waals surface area contributed by atoms with Gasteiger partial charge in [-0.05, 0) is 37.2 Å². The summed E-state index contributed by atoms with van der Waals surface area (Å²) in [5.74, 6) is 0. The summed E-state index contributed by atoms with van der Waals surface area (Å²) in [5, 5.41) is 5.75. The van der Waals surface area contributed by atoms with E-state index in [0.29, 0.717) is 13.1 Å². The van der Waals surface area contributed by atoms with E-state index in [1.165, 1.54) is 5.56 Å². The Kier molecular flexibility index (Phi) is 8.30. The maximum Gasteiger partial charge on any atom is 0.314 e. The summed E-state index contributed by atoms with van der Waals surface area (Å²) in [4.78, 5) is 13.9. The highest BCUT2D eigenvalue weighted by Gasteiger charge is 2.02. The Labute approximate surface area is 130 Å². The third-order valence-corrected chi connectivity index (χ3v) is 3.75. The fourth-order valence-corrected chi connectivity index (χ4v) is 2.17. The summed E-state index contributed by atoms with van der Waals surface area (Å²) in [6.07, 6.45) is 0.844. The molecule has 2 amide bonds. The number of nitrogens with one attached hydrogen (secondary N) is 2. The van der Waals surface area contributed by atoms with Crippen LogP contribution in [0.4, 0.5) is 4.79 Å². The zero-order chi connectivity index (χ0) is 14.8. The van der Waals surface area contributed by atoms with Crippen LogP contribution in [0.15, 0.2) is 28.7 Å². The van der Waals surface area contributed by atoms with Gasteiger partial charge >= 0.3 is 6.03 Å². The zero-order valence-corrected chi connectivity index (χ0v) is 13.9. The van der Waals surface area contributed by atoms with Gasteiger partial charge in [-0.1, -0.05) is 41.9 Å². The average Bonchev–Trinajstić information content (AvgIpc) is 2.46. The Morgan fingerprint density at radius 2 is 1.70 bits per heavy atom. The predicted molar refractivity (Wildman–Crippen MR) is 87.0 cm³/mol. The SMILES string of the molecule is CCN(CC)CCNC(=O)NCCc1ccc(Br)cc1. The Morgan fingerprint density at radius 3 is 2.30 bits per heavy atom. The summed E-state index contributed by atoms with van der Waals surface area (Å²) in [6.45, 7) is 8.52. The van der Waals surface area contributed by atoms with Crippen LogP contribution in [0, 0.1) is 0 Å². The molecule has 0 atom stereocenters. The largest absolute Gasteiger partial charge is 0.338 e. The van der Waals surface area contributed by atoms with Crippen LogP contribution in [0.5, 0.6) is 0 Å². The molecule has 2 N–H and O–H groups in total. The van der Waals surface area contributed by atoms with Crippen molar-refractivity contribution in [3.63, 3.8) is 0 Å². The number of likely N-dealkylation sites (N-methyl/N-ethyl adjacent to an activating group) is 1. The molecule has 0 spiro atoms. The van der Waals surface area contributed by atoms with Gasteiger partial charge < -0.3 is 15.5 Å². The number of rotatable bonds is 8. The molecule has 0 heterocycles. The molecule has 4 nitrogen and oxygen atoms in total. The number of nitrogens with zero attached hydrogens (tertiary/aromatic N) is 1. The van der Waals surface area contributed by atoms with Crippen molar-refractivity contribution in [2.24, 2.45) is 0 Å². The first-order chi connectivity index (χ1) is 9.65. The van der Waals surface area contributed by atoms with Crippen LogP contribution in [-0.4, -0.2) is 43.7 Å². The van der Waals surface area contributed by atoms with E-state index in [1.54, 1.807) is 0 Å². The number of carbonyl (C=O) groups is 1. The highest BCUT2D eigenvalue weighted by Crippen LogP contribution is 2.10. The van der Waals surface area contributed by atoms with E-state index in [4.69, 9.17) is 0 Å². The molecule has 0 aliphatic carbocycles. The first-order valence-corrected chi connectivity index (χ1v) is 7.93. The summed E-state index contributed by atoms with van der Waals surface area (Å²) in [7, 11) is 0. The van der Waals surface area contributed by atoms with Gasteiger partial charge in [0, 0.05) is 24.1 Å². The molecule has 112 valence electrons. The maximum atomic E-state index is 11.6. The van der Waals surface area contributed by atoms with E-state index in [9.17, 15) is 4.79 Å². The normalized spacial score (nSPS) is 10.6. The first kappa shape index (κ1) is 17.0. The Morgan fingerprint density at radius 1 is 1.10 bits per heavy atom. The van der Waals surface area contributed by atoms with Gasteiger partial charge in [-0.3, -0.25) is 0 Å². The predicted octanol–water partition coefficient (Wildman–Crippen LogP) is 2.63. The lowest BCUT2D eigenvalue weighted by atomic mass is 10.1. The fourth-order valence-electron chi connectivity index (χ4n) is 1.90. The summed E-state index contributed by atoms with van der Waals surface area (Å²) < 4.78 is 1.07. The monoisotopic (exact) mass is 341 g/mol. The summed E-state index contributed by atoms with van der Waals surface area (Å²) >= 11 is 3.40. The van der Waals surface area contributed by atoms with Crippen molar-refractivity contribution < 1.29 is 4.79 Å². The van der Waals surface area contributed by atoms with Crippen LogP contribution in [0.3, 0.4) is 0 Å². The second-order valence-electron chi connectivity index (χ2n) is 4.59. The van der Waals surface area contributed by atoms with Crippen molar-refractivity contribution in [3.8, 4) is 0 Å². The summed E-state index contributed by atoms with van der Waals surface area (Å²) in [5.41, 5.74) is 1.22. The van der Waals surface area contributed by atoms with Crippen molar-refractivity contribution in [2.45, 2.75) is 20.3 Å². The van der Waals surface area contributed by atoms with E-state index in [2.05, 4.69) is 57.4 Å². The molecule has 0 saturated heterocycles. The second kappa shape index (κ2) is 9.77. The van der Waals surface area contributed by atoms with Crippen LogP contribution in [-0.2, 0) is 6.42 Å². The van der Waals surface area contributed by atoms with Gasteiger partial charge in [-0.15, -0.1) is 0 Å². The van der Waals surface area contributed by atoms with Gasteiger partial charge in [0.25, 0.3) is 0 Å². The van der Waals surface area contributed by atoms with Gasteiger partial charge in [-0.25, -0.2) is 4.79 Å². The number of urea groups is 1. The minimum absolute atomic E-state index is 0.0886. The highest BCUT2D eigenvalue weighted by molar-refractivity contribution is 9.10. The molecule has 20 heavy (non-hydrogen) atoms. The van der Waals surface area contributed by atoms with Gasteiger partial charge in [0.15, 0.2) is 0 Å². The van der Waals surface area contributed by atoms with Crippen molar-refractivity contribution >= 4 is 22.0 Å². The van der Waals surface area contributed by atoms with Crippen molar-refractivity contribution in [1.29, 1.82) is 0 Å². The molecule has 0 aliphatic rings. The molecule has 1 aromatic carbocycles. The fraction of sp³-hybridized carbons (Fsp3) is 0.533. The number of amides is 2. The maximum absolute atomic E-state index is 11.6. The lowest BCUT2D eigenvalue weighted by Crippen LogP contribution is -2.41. The molecular formula is C15H24BrN3O. The summed E-state index contributed by atoms with van der Waals surface area (Å²) in [6, 6.07) is 8.06. The smallest absolute Gasteiger partial charge is 0.314 e. The minimum Gasteiger partial charge on any atom is -0.338 e. The number of hydrogen-bond donors (Lipinski definition) is 2. The Bertz CT molecular complexity index is 391. The molecule has 1 aromatic rings. The molecule has 0 bridgehead atoms. The molecule has 0 unspecified atom stereocenters. The number of carbonyl (C=O) groups excluding carboxylic acids is 1. The highest BCUT2D eigenvalue weighted by atomic mass is 79.9. The van der Waals surface area contributed by atoms with Gasteiger partial charge in [0.2, 0.25) is 0 Å². The Hall–Kier alpha value is -1.07. The quantitative estimate of drug-likeness (QED) is 0.763. The van der Waals surface area contributed by atoms with E-state index in [0.717, 1.165) is 30.5 Å². The number of halogens is 1. The standard InChI is InChI=1S/C15H24BrN3O/c1-3-19(4-2)12-11-18-15(20)17-10-9-13-5-7-14(16)8-6-13/h5-8H,3-4,9-12H2,1-2H3,(H2,17,18,20). The van der Waals surface area contributed by atoms with Gasteiger partial charge in [0.05, 0.1) is 0 Å². The third kappa shape index (κ3) is 6.91. The molecule has 0 aromatic heterocycles. The lowest BCUT2D eigenvalue weighted by molar-refractivity contribution is 0.237. The second-order valence-corrected chi connectivity index (χ2v) is 5.50. The molecule has 0 aliphatic heterocycles. The molecule has 0 fully saturated rings. The van der Waals surface area contributed by atoms with Crippen molar-refractivity contribution in [1.82, 2.24) is 15.5 Å². The van der Waals surface area contributed by atoms with Gasteiger partial charge in [-0.2, -0.15) is 0 Å². The third-order valence-electron chi connectivity index (χ3n) is 3.22. The van der Waals surface area contributed by atoms with E-state index in [1.807, 2.05) is 12.1 Å². The lowest BCUT2D eigenvalue weighted by Gasteiger charge is -2.18. The molecule has 0 saturated carbocycles. The van der Waals surface area contributed by atoms with Crippen LogP contribution < -0.4 is 10.6 Å². The van der Waals surface area contributed by atoms with E-state index < -0.39 is 0 Å². The van der Waals surface area contributed by atoms with Crippen molar-refractivity contribution in [2.75, 3.05) is 32.7 Å². The van der Waals surface area contributed by atoms with Crippen LogP contribution in [0.25, 0.3) is 0 Å². The number of hydrogen-bond acceptors (Lipinski definition) is 2. The van der Waals surface area contributed by atoms with E-state index >= 15 is 0 Å². The molecular weight excluding hydrogens is 318 g/mol. The topological polar surface area (TPSA) is 44.4 Å². The Balaban J connectivity index is 2.12. The van der Waals surface area contributed by atoms with E-state index in [-0.39, 0.29) is 6.03 Å².